The Balaban J connectivity index is 1.30. The highest BCUT2D eigenvalue weighted by Gasteiger charge is 2.24. The highest BCUT2D eigenvalue weighted by molar-refractivity contribution is 5.92. The third-order valence-electron chi connectivity index (χ3n) is 5.03. The summed E-state index contributed by atoms with van der Waals surface area (Å²) in [5, 5.41) is 4.17. The monoisotopic (exact) mass is 349 g/mol. The lowest BCUT2D eigenvalue weighted by molar-refractivity contribution is 0.0918. The Hall–Kier alpha value is -2.66. The Morgan fingerprint density at radius 3 is 3.00 bits per heavy atom. The van der Waals surface area contributed by atoms with Crippen molar-refractivity contribution >= 4 is 16.8 Å². The van der Waals surface area contributed by atoms with Gasteiger partial charge in [-0.3, -0.25) is 14.7 Å². The first-order chi connectivity index (χ1) is 12.7. The zero-order valence-corrected chi connectivity index (χ0v) is 14.9. The van der Waals surface area contributed by atoms with Crippen molar-refractivity contribution in [3.63, 3.8) is 0 Å². The molecule has 2 aromatic heterocycles. The van der Waals surface area contributed by atoms with Crippen LogP contribution < -0.4 is 5.32 Å². The highest BCUT2D eigenvalue weighted by atomic mass is 16.3. The van der Waals surface area contributed by atoms with Crippen LogP contribution in [0.25, 0.3) is 10.9 Å². The Kier molecular flexibility index (Phi) is 4.71. The molecule has 1 atom stereocenters. The summed E-state index contributed by atoms with van der Waals surface area (Å²) < 4.78 is 5.25. The van der Waals surface area contributed by atoms with Crippen molar-refractivity contribution in [3.8, 4) is 0 Å². The second-order valence-corrected chi connectivity index (χ2v) is 7.03. The number of pyridine rings is 1. The van der Waals surface area contributed by atoms with Crippen LogP contribution in [0.1, 0.15) is 28.2 Å². The van der Waals surface area contributed by atoms with Crippen molar-refractivity contribution in [1.82, 2.24) is 15.2 Å². The summed E-state index contributed by atoms with van der Waals surface area (Å²) in [4.78, 5) is 19.3. The van der Waals surface area contributed by atoms with Crippen LogP contribution in [0.15, 0.2) is 53.1 Å². The van der Waals surface area contributed by atoms with E-state index in [0.29, 0.717) is 18.2 Å². The van der Waals surface area contributed by atoms with Crippen molar-refractivity contribution < 1.29 is 9.21 Å². The minimum Gasteiger partial charge on any atom is -0.459 e. The molecule has 0 radical (unpaired) electrons. The molecule has 1 aliphatic rings. The second kappa shape index (κ2) is 7.30. The maximum atomic E-state index is 12.2. The van der Waals surface area contributed by atoms with E-state index in [1.807, 2.05) is 25.1 Å². The molecule has 0 saturated carbocycles. The van der Waals surface area contributed by atoms with Crippen LogP contribution >= 0.6 is 0 Å². The number of hydrogen-bond acceptors (Lipinski definition) is 4. The molecule has 5 nitrogen and oxygen atoms in total. The number of benzene rings is 1. The van der Waals surface area contributed by atoms with Gasteiger partial charge in [0, 0.05) is 30.6 Å². The van der Waals surface area contributed by atoms with Gasteiger partial charge in [-0.25, -0.2) is 0 Å². The topological polar surface area (TPSA) is 58.4 Å². The number of nitrogens with one attached hydrogen (secondary N) is 1. The third-order valence-corrected chi connectivity index (χ3v) is 5.03. The molecule has 0 bridgehead atoms. The summed E-state index contributed by atoms with van der Waals surface area (Å²) in [7, 11) is 0. The summed E-state index contributed by atoms with van der Waals surface area (Å²) in [5.74, 6) is 0.761. The van der Waals surface area contributed by atoms with Crippen molar-refractivity contribution in [2.24, 2.45) is 5.92 Å². The number of nitrogens with zero attached hydrogens (tertiary/aromatic N) is 2. The molecule has 1 saturated heterocycles. The molecule has 3 heterocycles. The standard InChI is InChI=1S/C21H23N3O2/c1-15-9-11-26-20(15)21(25)22-12-16-8-10-24(13-16)14-18-7-6-17-4-2-3-5-19(17)23-18/h2-7,9,11,16H,8,10,12-14H2,1H3,(H,22,25)/t16-/m1/s1. The molecule has 26 heavy (non-hydrogen) atoms. The van der Waals surface area contributed by atoms with Crippen LogP contribution in [0.4, 0.5) is 0 Å². The average Bonchev–Trinajstić information content (AvgIpc) is 3.28. The Bertz CT molecular complexity index is 918. The number of carbonyl (C=O) groups is 1. The zero-order chi connectivity index (χ0) is 17.9. The molecule has 5 heteroatoms. The van der Waals surface area contributed by atoms with E-state index >= 15 is 0 Å². The van der Waals surface area contributed by atoms with Crippen LogP contribution in [0.5, 0.6) is 0 Å². The molecule has 1 fully saturated rings. The molecule has 1 aliphatic heterocycles. The SMILES string of the molecule is Cc1ccoc1C(=O)NC[C@H]1CCN(Cc2ccc3ccccc3n2)C1. The van der Waals surface area contributed by atoms with E-state index in [4.69, 9.17) is 9.40 Å². The third kappa shape index (κ3) is 3.63. The fourth-order valence-electron chi connectivity index (χ4n) is 3.57. The minimum atomic E-state index is -0.123. The molecule has 134 valence electrons. The molecule has 0 spiro atoms. The number of carbonyl (C=O) groups excluding carboxylic acids is 1. The van der Waals surface area contributed by atoms with Crippen LogP contribution in [0.3, 0.4) is 0 Å². The van der Waals surface area contributed by atoms with Gasteiger partial charge in [-0.05, 0) is 44.0 Å². The fraction of sp³-hybridized carbons (Fsp3) is 0.333. The van der Waals surface area contributed by atoms with E-state index in [1.54, 1.807) is 6.26 Å². The van der Waals surface area contributed by atoms with Crippen molar-refractivity contribution in [2.75, 3.05) is 19.6 Å². The lowest BCUT2D eigenvalue weighted by Crippen LogP contribution is -2.31. The first-order valence-corrected chi connectivity index (χ1v) is 9.08. The maximum Gasteiger partial charge on any atom is 0.287 e. The summed E-state index contributed by atoms with van der Waals surface area (Å²) in [6.45, 7) is 5.43. The number of hydrogen-bond donors (Lipinski definition) is 1. The quantitative estimate of drug-likeness (QED) is 0.767. The van der Waals surface area contributed by atoms with E-state index in [-0.39, 0.29) is 5.91 Å². The van der Waals surface area contributed by atoms with E-state index in [0.717, 1.165) is 42.8 Å². The van der Waals surface area contributed by atoms with Crippen LogP contribution in [-0.2, 0) is 6.54 Å². The van der Waals surface area contributed by atoms with Crippen molar-refractivity contribution in [2.45, 2.75) is 19.9 Å². The van der Waals surface area contributed by atoms with Gasteiger partial charge in [-0.2, -0.15) is 0 Å². The molecule has 4 rings (SSSR count). The number of aromatic nitrogens is 1. The zero-order valence-electron chi connectivity index (χ0n) is 14.9. The highest BCUT2D eigenvalue weighted by Crippen LogP contribution is 2.19. The van der Waals surface area contributed by atoms with Gasteiger partial charge in [0.05, 0.1) is 17.5 Å². The first-order valence-electron chi connectivity index (χ1n) is 9.08. The predicted octanol–water partition coefficient (Wildman–Crippen LogP) is 3.39. The molecule has 0 unspecified atom stereocenters. The summed E-state index contributed by atoms with van der Waals surface area (Å²) in [6.07, 6.45) is 2.64. The van der Waals surface area contributed by atoms with E-state index < -0.39 is 0 Å². The van der Waals surface area contributed by atoms with E-state index in [2.05, 4.69) is 34.5 Å². The average molecular weight is 349 g/mol. The lowest BCUT2D eigenvalue weighted by Gasteiger charge is -2.16. The summed E-state index contributed by atoms with van der Waals surface area (Å²) in [6, 6.07) is 14.2. The van der Waals surface area contributed by atoms with Gasteiger partial charge in [0.15, 0.2) is 5.76 Å². The number of rotatable bonds is 5. The molecular weight excluding hydrogens is 326 g/mol. The van der Waals surface area contributed by atoms with Crippen molar-refractivity contribution in [1.29, 1.82) is 0 Å². The first kappa shape index (κ1) is 16.8. The fourth-order valence-corrected chi connectivity index (χ4v) is 3.57. The van der Waals surface area contributed by atoms with Gasteiger partial charge < -0.3 is 9.73 Å². The second-order valence-electron chi connectivity index (χ2n) is 7.03. The number of amides is 1. The van der Waals surface area contributed by atoms with Gasteiger partial charge in [-0.1, -0.05) is 24.3 Å². The van der Waals surface area contributed by atoms with E-state index in [9.17, 15) is 4.79 Å². The van der Waals surface area contributed by atoms with Gasteiger partial charge in [0.25, 0.3) is 5.91 Å². The normalized spacial score (nSPS) is 17.7. The number of furan rings is 1. The molecular formula is C21H23N3O2. The number of likely N-dealkylation sites (tertiary alicyclic amines) is 1. The van der Waals surface area contributed by atoms with E-state index in [1.165, 1.54) is 5.39 Å². The lowest BCUT2D eigenvalue weighted by atomic mass is 10.1. The minimum absolute atomic E-state index is 0.123. The van der Waals surface area contributed by atoms with Gasteiger partial charge in [-0.15, -0.1) is 0 Å². The summed E-state index contributed by atoms with van der Waals surface area (Å²) in [5.41, 5.74) is 3.01. The van der Waals surface area contributed by atoms with Gasteiger partial charge in [0.2, 0.25) is 0 Å². The largest absolute Gasteiger partial charge is 0.459 e. The molecule has 1 amide bonds. The number of fused-ring (bicyclic) bond motifs is 1. The molecule has 1 aromatic carbocycles. The van der Waals surface area contributed by atoms with Crippen LogP contribution in [0.2, 0.25) is 0 Å². The van der Waals surface area contributed by atoms with Gasteiger partial charge in [0.1, 0.15) is 0 Å². The smallest absolute Gasteiger partial charge is 0.287 e. The van der Waals surface area contributed by atoms with Gasteiger partial charge >= 0.3 is 0 Å². The summed E-state index contributed by atoms with van der Waals surface area (Å²) >= 11 is 0. The molecule has 3 aromatic rings. The van der Waals surface area contributed by atoms with Crippen LogP contribution in [0, 0.1) is 12.8 Å². The Morgan fingerprint density at radius 1 is 1.27 bits per heavy atom. The van der Waals surface area contributed by atoms with Crippen molar-refractivity contribution in [3.05, 3.63) is 65.7 Å². The Morgan fingerprint density at radius 2 is 2.15 bits per heavy atom. The maximum absolute atomic E-state index is 12.2. The molecule has 1 N–H and O–H groups in total. The number of para-hydroxylation sites is 1. The predicted molar refractivity (Wildman–Crippen MR) is 101 cm³/mol. The molecule has 0 aliphatic carbocycles. The van der Waals surface area contributed by atoms with Crippen LogP contribution in [-0.4, -0.2) is 35.4 Å². The number of aryl methyl sites for hydroxylation is 1. The Labute approximate surface area is 153 Å².